The Labute approximate surface area is 97.1 Å². The van der Waals surface area contributed by atoms with Gasteiger partial charge in [0, 0.05) is 11.4 Å². The third-order valence-electron chi connectivity index (χ3n) is 2.96. The molecule has 0 saturated heterocycles. The molecule has 0 spiro atoms. The highest BCUT2D eigenvalue weighted by molar-refractivity contribution is 7.09. The molecule has 0 aliphatic carbocycles. The zero-order valence-corrected chi connectivity index (χ0v) is 11.2. The Morgan fingerprint density at radius 2 is 2.00 bits per heavy atom. The molecule has 86 valence electrons. The van der Waals surface area contributed by atoms with Crippen LogP contribution in [0.5, 0.6) is 0 Å². The van der Waals surface area contributed by atoms with Crippen LogP contribution in [0.25, 0.3) is 0 Å². The van der Waals surface area contributed by atoms with Gasteiger partial charge in [0.15, 0.2) is 0 Å². The van der Waals surface area contributed by atoms with Crippen LogP contribution in [0.1, 0.15) is 44.4 Å². The van der Waals surface area contributed by atoms with Gasteiger partial charge in [0.1, 0.15) is 0 Å². The van der Waals surface area contributed by atoms with E-state index < -0.39 is 0 Å². The van der Waals surface area contributed by atoms with Gasteiger partial charge in [0.25, 0.3) is 0 Å². The van der Waals surface area contributed by atoms with Crippen molar-refractivity contribution in [2.24, 2.45) is 11.8 Å². The van der Waals surface area contributed by atoms with E-state index in [1.165, 1.54) is 5.69 Å². The minimum Gasteiger partial charge on any atom is -0.309 e. The van der Waals surface area contributed by atoms with Gasteiger partial charge in [-0.25, -0.2) is 4.98 Å². The summed E-state index contributed by atoms with van der Waals surface area (Å²) in [7, 11) is 0. The third kappa shape index (κ3) is 3.92. The molecule has 15 heavy (non-hydrogen) atoms. The molecule has 1 rings (SSSR count). The topological polar surface area (TPSA) is 24.9 Å². The smallest absolute Gasteiger partial charge is 0.0898 e. The van der Waals surface area contributed by atoms with Crippen LogP contribution >= 0.6 is 11.3 Å². The van der Waals surface area contributed by atoms with Crippen LogP contribution in [0.15, 0.2) is 5.38 Å². The van der Waals surface area contributed by atoms with Crippen molar-refractivity contribution in [1.29, 1.82) is 0 Å². The minimum absolute atomic E-state index is 0.371. The fourth-order valence-electron chi connectivity index (χ4n) is 1.28. The van der Waals surface area contributed by atoms with E-state index in [0.29, 0.717) is 12.0 Å². The maximum Gasteiger partial charge on any atom is 0.0898 e. The Kier molecular flexibility index (Phi) is 4.74. The van der Waals surface area contributed by atoms with Crippen LogP contribution in [-0.2, 0) is 0 Å². The van der Waals surface area contributed by atoms with Gasteiger partial charge in [-0.15, -0.1) is 11.3 Å². The van der Waals surface area contributed by atoms with Crippen LogP contribution in [0.4, 0.5) is 0 Å². The van der Waals surface area contributed by atoms with Crippen LogP contribution in [0, 0.1) is 18.8 Å². The van der Waals surface area contributed by atoms with Crippen LogP contribution in [0.2, 0.25) is 0 Å². The Hall–Kier alpha value is -0.410. The highest BCUT2D eigenvalue weighted by Gasteiger charge is 2.11. The second-order valence-corrected chi connectivity index (χ2v) is 5.70. The van der Waals surface area contributed by atoms with E-state index in [2.05, 4.69) is 50.3 Å². The van der Waals surface area contributed by atoms with E-state index >= 15 is 0 Å². The van der Waals surface area contributed by atoms with Crippen molar-refractivity contribution in [3.63, 3.8) is 0 Å². The van der Waals surface area contributed by atoms with Gasteiger partial charge in [-0.3, -0.25) is 0 Å². The van der Waals surface area contributed by atoms with Crippen molar-refractivity contribution in [3.8, 4) is 0 Å². The molecule has 0 radical (unpaired) electrons. The summed E-state index contributed by atoms with van der Waals surface area (Å²) >= 11 is 1.72. The van der Waals surface area contributed by atoms with Crippen LogP contribution in [0.3, 0.4) is 0 Å². The summed E-state index contributed by atoms with van der Waals surface area (Å²) in [4.78, 5) is 4.49. The van der Waals surface area contributed by atoms with Crippen molar-refractivity contribution in [3.05, 3.63) is 16.1 Å². The van der Waals surface area contributed by atoms with E-state index in [4.69, 9.17) is 0 Å². The Bertz CT molecular complexity index is 294. The second kappa shape index (κ2) is 5.61. The van der Waals surface area contributed by atoms with E-state index in [-0.39, 0.29) is 0 Å². The Morgan fingerprint density at radius 1 is 1.33 bits per heavy atom. The summed E-state index contributed by atoms with van der Waals surface area (Å²) in [6, 6.07) is 0.371. The number of aromatic nitrogens is 1. The number of nitrogens with one attached hydrogen (secondary N) is 1. The molecular formula is C12H22N2S. The highest BCUT2D eigenvalue weighted by Crippen LogP contribution is 2.16. The zero-order valence-electron chi connectivity index (χ0n) is 10.4. The molecule has 2 nitrogen and oxygen atoms in total. The molecule has 3 heteroatoms. The summed E-state index contributed by atoms with van der Waals surface area (Å²) in [5, 5.41) is 6.83. The van der Waals surface area contributed by atoms with Crippen molar-refractivity contribution < 1.29 is 0 Å². The molecule has 2 unspecified atom stereocenters. The lowest BCUT2D eigenvalue weighted by Gasteiger charge is -2.19. The molecule has 0 bridgehead atoms. The van der Waals surface area contributed by atoms with E-state index in [1.54, 1.807) is 11.3 Å². The molecule has 0 aliphatic rings. The lowest BCUT2D eigenvalue weighted by molar-refractivity contribution is 0.374. The summed E-state index contributed by atoms with van der Waals surface area (Å²) in [6.07, 6.45) is 0. The molecule has 0 saturated carbocycles. The van der Waals surface area contributed by atoms with Crippen molar-refractivity contribution in [2.75, 3.05) is 6.54 Å². The van der Waals surface area contributed by atoms with Gasteiger partial charge in [-0.05, 0) is 32.2 Å². The summed E-state index contributed by atoms with van der Waals surface area (Å²) < 4.78 is 0. The summed E-state index contributed by atoms with van der Waals surface area (Å²) in [5.41, 5.74) is 1.17. The molecule has 1 N–H and O–H groups in total. The van der Waals surface area contributed by atoms with Gasteiger partial charge in [0.05, 0.1) is 10.7 Å². The molecule has 1 aromatic heterocycles. The fraction of sp³-hybridized carbons (Fsp3) is 0.750. The molecule has 1 heterocycles. The first kappa shape index (κ1) is 12.7. The molecule has 0 aromatic carbocycles. The van der Waals surface area contributed by atoms with Crippen molar-refractivity contribution in [1.82, 2.24) is 10.3 Å². The monoisotopic (exact) mass is 226 g/mol. The number of hydrogen-bond acceptors (Lipinski definition) is 3. The van der Waals surface area contributed by atoms with Gasteiger partial charge in [-0.2, -0.15) is 0 Å². The predicted molar refractivity (Wildman–Crippen MR) is 67.3 cm³/mol. The summed E-state index contributed by atoms with van der Waals surface area (Å²) in [5.74, 6) is 1.45. The SMILES string of the molecule is Cc1nc(C(C)NCC(C)C(C)C)cs1. The summed E-state index contributed by atoms with van der Waals surface area (Å²) in [6.45, 7) is 12.1. The first-order chi connectivity index (χ1) is 7.00. The molecule has 2 atom stereocenters. The average Bonchev–Trinajstić information content (AvgIpc) is 2.60. The predicted octanol–water partition coefficient (Wildman–Crippen LogP) is 3.39. The number of rotatable bonds is 5. The lowest BCUT2D eigenvalue weighted by Crippen LogP contribution is -2.27. The highest BCUT2D eigenvalue weighted by atomic mass is 32.1. The fourth-order valence-corrected chi connectivity index (χ4v) is 1.99. The third-order valence-corrected chi connectivity index (χ3v) is 3.76. The van der Waals surface area contributed by atoms with Gasteiger partial charge >= 0.3 is 0 Å². The number of aryl methyl sites for hydroxylation is 1. The minimum atomic E-state index is 0.371. The van der Waals surface area contributed by atoms with Crippen molar-refractivity contribution in [2.45, 2.75) is 40.7 Å². The Morgan fingerprint density at radius 3 is 2.47 bits per heavy atom. The second-order valence-electron chi connectivity index (χ2n) is 4.64. The maximum atomic E-state index is 4.49. The average molecular weight is 226 g/mol. The largest absolute Gasteiger partial charge is 0.309 e. The molecule has 0 aliphatic heterocycles. The van der Waals surface area contributed by atoms with Gasteiger partial charge in [-0.1, -0.05) is 20.8 Å². The molecule has 0 amide bonds. The van der Waals surface area contributed by atoms with E-state index in [9.17, 15) is 0 Å². The normalized spacial score (nSPS) is 15.6. The first-order valence-corrected chi connectivity index (χ1v) is 6.54. The first-order valence-electron chi connectivity index (χ1n) is 5.66. The lowest BCUT2D eigenvalue weighted by atomic mass is 9.98. The molecular weight excluding hydrogens is 204 g/mol. The number of thiazole rings is 1. The Balaban J connectivity index is 2.39. The number of nitrogens with zero attached hydrogens (tertiary/aromatic N) is 1. The quantitative estimate of drug-likeness (QED) is 0.832. The zero-order chi connectivity index (χ0) is 11.4. The number of hydrogen-bond donors (Lipinski definition) is 1. The standard InChI is InChI=1S/C12H22N2S/c1-8(2)9(3)6-13-10(4)12-7-15-11(5)14-12/h7-10,13H,6H2,1-5H3. The van der Waals surface area contributed by atoms with E-state index in [0.717, 1.165) is 17.5 Å². The van der Waals surface area contributed by atoms with Crippen molar-refractivity contribution >= 4 is 11.3 Å². The van der Waals surface area contributed by atoms with Gasteiger partial charge in [0.2, 0.25) is 0 Å². The van der Waals surface area contributed by atoms with E-state index in [1.807, 2.05) is 0 Å². The van der Waals surface area contributed by atoms with Gasteiger partial charge < -0.3 is 5.32 Å². The van der Waals surface area contributed by atoms with Crippen LogP contribution < -0.4 is 5.32 Å². The maximum absolute atomic E-state index is 4.49. The molecule has 0 fully saturated rings. The van der Waals surface area contributed by atoms with Crippen LogP contribution in [-0.4, -0.2) is 11.5 Å². The molecule has 1 aromatic rings.